The zero-order valence-electron chi connectivity index (χ0n) is 20.5. The number of benzene rings is 2. The molecule has 35 heavy (non-hydrogen) atoms. The predicted octanol–water partition coefficient (Wildman–Crippen LogP) is 2.24. The van der Waals surface area contributed by atoms with Crippen molar-refractivity contribution in [2.24, 2.45) is 11.5 Å². The summed E-state index contributed by atoms with van der Waals surface area (Å²) in [4.78, 5) is 23.1. The smallest absolute Gasteiger partial charge is 0.310 e. The van der Waals surface area contributed by atoms with E-state index < -0.39 is 0 Å². The highest BCUT2D eigenvalue weighted by Gasteiger charge is 2.25. The first-order chi connectivity index (χ1) is 16.7. The first kappa shape index (κ1) is 26.5. The molecule has 8 heteroatoms. The third-order valence-corrected chi connectivity index (χ3v) is 6.25. The molecule has 0 amide bonds. The highest BCUT2D eigenvalue weighted by atomic mass is 16.5. The van der Waals surface area contributed by atoms with Gasteiger partial charge in [0.1, 0.15) is 11.5 Å². The van der Waals surface area contributed by atoms with Crippen LogP contribution in [0, 0.1) is 0 Å². The number of esters is 2. The number of phenolic OH excluding ortho intramolecular Hbond substituents is 2. The minimum atomic E-state index is -0.263. The lowest BCUT2D eigenvalue weighted by atomic mass is 10.00. The summed E-state index contributed by atoms with van der Waals surface area (Å²) in [6.45, 7) is 4.57. The second-order valence-electron chi connectivity index (χ2n) is 9.16. The van der Waals surface area contributed by atoms with E-state index in [-0.39, 0.29) is 48.4 Å². The summed E-state index contributed by atoms with van der Waals surface area (Å²) in [5.74, 6) is -0.00763. The van der Waals surface area contributed by atoms with Crippen LogP contribution in [0.4, 0.5) is 0 Å². The lowest BCUT2D eigenvalue weighted by molar-refractivity contribution is -0.143. The fourth-order valence-electron chi connectivity index (χ4n) is 4.76. The number of hydrogen-bond acceptors (Lipinski definition) is 8. The Kier molecular flexibility index (Phi) is 9.12. The van der Waals surface area contributed by atoms with E-state index in [2.05, 4.69) is 0 Å². The van der Waals surface area contributed by atoms with Crippen LogP contribution >= 0.6 is 0 Å². The highest BCUT2D eigenvalue weighted by Crippen LogP contribution is 2.32. The molecule has 0 radical (unpaired) electrons. The summed E-state index contributed by atoms with van der Waals surface area (Å²) in [6, 6.07) is 6.93. The molecule has 0 bridgehead atoms. The van der Waals surface area contributed by atoms with Gasteiger partial charge in [-0.25, -0.2) is 0 Å². The molecule has 2 atom stereocenters. The zero-order valence-corrected chi connectivity index (χ0v) is 20.5. The third-order valence-electron chi connectivity index (χ3n) is 6.25. The molecule has 0 saturated heterocycles. The van der Waals surface area contributed by atoms with E-state index in [1.807, 2.05) is 6.92 Å². The first-order valence-corrected chi connectivity index (χ1v) is 12.2. The SMILES string of the molecule is CCCOC(=O)Cc1ccc(O)c2c1CC(N)C2.CCOC(=O)Cc1cc(O)cc2c1CC(N)C2. The normalized spacial score (nSPS) is 17.7. The maximum atomic E-state index is 11.6. The minimum absolute atomic E-state index is 0.0405. The largest absolute Gasteiger partial charge is 0.508 e. The van der Waals surface area contributed by atoms with E-state index >= 15 is 0 Å². The van der Waals surface area contributed by atoms with Gasteiger partial charge in [-0.3, -0.25) is 9.59 Å². The average Bonchev–Trinajstić information content (AvgIpc) is 3.37. The maximum Gasteiger partial charge on any atom is 0.310 e. The van der Waals surface area contributed by atoms with Gasteiger partial charge >= 0.3 is 11.9 Å². The van der Waals surface area contributed by atoms with Gasteiger partial charge in [-0.2, -0.15) is 0 Å². The van der Waals surface area contributed by atoms with Gasteiger partial charge in [-0.1, -0.05) is 13.0 Å². The van der Waals surface area contributed by atoms with Crippen LogP contribution in [0.5, 0.6) is 11.5 Å². The summed E-state index contributed by atoms with van der Waals surface area (Å²) in [7, 11) is 0. The Hall–Kier alpha value is -3.10. The Morgan fingerprint density at radius 3 is 2.20 bits per heavy atom. The Morgan fingerprint density at radius 1 is 0.857 bits per heavy atom. The number of carbonyl (C=O) groups is 2. The topological polar surface area (TPSA) is 145 Å². The van der Waals surface area contributed by atoms with Gasteiger partial charge in [-0.15, -0.1) is 0 Å². The summed E-state index contributed by atoms with van der Waals surface area (Å²) in [5, 5.41) is 19.4. The number of nitrogens with two attached hydrogens (primary N) is 2. The molecule has 0 aliphatic heterocycles. The second-order valence-corrected chi connectivity index (χ2v) is 9.16. The second kappa shape index (κ2) is 12.0. The van der Waals surface area contributed by atoms with Crippen molar-refractivity contribution in [1.82, 2.24) is 0 Å². The molecule has 0 fully saturated rings. The van der Waals surface area contributed by atoms with Crippen molar-refractivity contribution in [1.29, 1.82) is 0 Å². The van der Waals surface area contributed by atoms with Gasteiger partial charge in [0, 0.05) is 12.1 Å². The predicted molar refractivity (Wildman–Crippen MR) is 132 cm³/mol. The summed E-state index contributed by atoms with van der Waals surface area (Å²) < 4.78 is 10.00. The van der Waals surface area contributed by atoms with Gasteiger partial charge in [-0.05, 0) is 90.6 Å². The molecule has 2 aliphatic carbocycles. The zero-order chi connectivity index (χ0) is 25.5. The minimum Gasteiger partial charge on any atom is -0.508 e. The molecular weight excluding hydrogens is 448 g/mol. The van der Waals surface area contributed by atoms with Crippen LogP contribution < -0.4 is 11.5 Å². The standard InChI is InChI=1S/C14H19NO3.C13H17NO3/c1-2-5-18-14(17)6-9-3-4-13(16)12-8-10(15)7-11(9)12;1-2-17-13(16)6-9-5-11(15)4-8-3-10(14)7-12(8)9/h3-4,10,16H,2,5-8,15H2,1H3;4-5,10,15H,2-3,6-7,14H2,1H3. The van der Waals surface area contributed by atoms with E-state index in [0.717, 1.165) is 59.1 Å². The molecule has 2 aromatic rings. The summed E-state index contributed by atoms with van der Waals surface area (Å²) in [5.41, 5.74) is 17.6. The van der Waals surface area contributed by atoms with Crippen molar-refractivity contribution in [3.63, 3.8) is 0 Å². The van der Waals surface area contributed by atoms with E-state index in [0.29, 0.717) is 19.6 Å². The van der Waals surface area contributed by atoms with Gasteiger partial charge < -0.3 is 31.2 Å². The third kappa shape index (κ3) is 6.96. The molecule has 2 aromatic carbocycles. The van der Waals surface area contributed by atoms with Crippen molar-refractivity contribution in [3.8, 4) is 11.5 Å². The average molecular weight is 485 g/mol. The van der Waals surface area contributed by atoms with Gasteiger partial charge in [0.15, 0.2) is 0 Å². The Balaban J connectivity index is 0.000000196. The number of fused-ring (bicyclic) bond motifs is 2. The molecule has 6 N–H and O–H groups in total. The van der Waals surface area contributed by atoms with E-state index in [4.69, 9.17) is 20.9 Å². The number of aromatic hydroxyl groups is 2. The summed E-state index contributed by atoms with van der Waals surface area (Å²) in [6.07, 6.45) is 4.22. The van der Waals surface area contributed by atoms with Crippen LogP contribution in [0.25, 0.3) is 0 Å². The molecule has 4 rings (SSSR count). The van der Waals surface area contributed by atoms with Gasteiger partial charge in [0.2, 0.25) is 0 Å². The van der Waals surface area contributed by atoms with Crippen molar-refractivity contribution in [2.45, 2.75) is 70.9 Å². The number of rotatable bonds is 7. The molecular formula is C27H36N2O6. The molecule has 0 spiro atoms. The molecule has 0 heterocycles. The Labute approximate surface area is 206 Å². The van der Waals surface area contributed by atoms with Crippen LogP contribution in [-0.2, 0) is 57.6 Å². The number of hydrogen-bond donors (Lipinski definition) is 4. The number of carbonyl (C=O) groups excluding carboxylic acids is 2. The lowest BCUT2D eigenvalue weighted by Crippen LogP contribution is -2.19. The van der Waals surface area contributed by atoms with Crippen molar-refractivity contribution in [3.05, 3.63) is 57.6 Å². The van der Waals surface area contributed by atoms with Crippen molar-refractivity contribution in [2.75, 3.05) is 13.2 Å². The van der Waals surface area contributed by atoms with E-state index in [9.17, 15) is 19.8 Å². The first-order valence-electron chi connectivity index (χ1n) is 12.2. The number of ether oxygens (including phenoxy) is 2. The fraction of sp³-hybridized carbons (Fsp3) is 0.481. The molecule has 190 valence electrons. The van der Waals surface area contributed by atoms with Crippen LogP contribution in [0.1, 0.15) is 53.6 Å². The van der Waals surface area contributed by atoms with Crippen LogP contribution in [-0.4, -0.2) is 47.4 Å². The maximum absolute atomic E-state index is 11.6. The monoisotopic (exact) mass is 484 g/mol. The van der Waals surface area contributed by atoms with Crippen LogP contribution in [0.15, 0.2) is 24.3 Å². The van der Waals surface area contributed by atoms with E-state index in [1.165, 1.54) is 0 Å². The lowest BCUT2D eigenvalue weighted by Gasteiger charge is -2.09. The quantitative estimate of drug-likeness (QED) is 0.438. The van der Waals surface area contributed by atoms with Crippen LogP contribution in [0.2, 0.25) is 0 Å². The van der Waals surface area contributed by atoms with Gasteiger partial charge in [0.05, 0.1) is 26.1 Å². The molecule has 0 saturated carbocycles. The molecule has 0 aromatic heterocycles. The highest BCUT2D eigenvalue weighted by molar-refractivity contribution is 5.74. The fourth-order valence-corrected chi connectivity index (χ4v) is 4.76. The number of phenols is 2. The van der Waals surface area contributed by atoms with Crippen molar-refractivity contribution < 1.29 is 29.3 Å². The van der Waals surface area contributed by atoms with E-state index in [1.54, 1.807) is 31.2 Å². The summed E-state index contributed by atoms with van der Waals surface area (Å²) >= 11 is 0. The molecule has 2 unspecified atom stereocenters. The Morgan fingerprint density at radius 2 is 1.49 bits per heavy atom. The van der Waals surface area contributed by atoms with Crippen molar-refractivity contribution >= 4 is 11.9 Å². The van der Waals surface area contributed by atoms with Gasteiger partial charge in [0.25, 0.3) is 0 Å². The Bertz CT molecular complexity index is 1070. The molecule has 2 aliphatic rings. The molecule has 8 nitrogen and oxygen atoms in total. The van der Waals surface area contributed by atoms with Crippen LogP contribution in [0.3, 0.4) is 0 Å².